The van der Waals surface area contributed by atoms with Crippen molar-refractivity contribution in [3.05, 3.63) is 11.1 Å². The van der Waals surface area contributed by atoms with Crippen LogP contribution in [0.2, 0.25) is 5.28 Å². The number of rotatable bonds is 8. The van der Waals surface area contributed by atoms with Crippen molar-refractivity contribution in [3.8, 4) is 0 Å². The molecule has 0 saturated carbocycles. The van der Waals surface area contributed by atoms with E-state index in [1.54, 1.807) is 6.92 Å². The Morgan fingerprint density at radius 1 is 1.19 bits per heavy atom. The van der Waals surface area contributed by atoms with E-state index in [0.29, 0.717) is 5.82 Å². The molecule has 0 amide bonds. The van der Waals surface area contributed by atoms with Crippen LogP contribution in [0.4, 0.5) is 5.95 Å². The summed E-state index contributed by atoms with van der Waals surface area (Å²) in [5.41, 5.74) is 0. The fourth-order valence-corrected chi connectivity index (χ4v) is 2.77. The molecular weight excluding hydrogens is 348 g/mol. The lowest BCUT2D eigenvalue weighted by Crippen LogP contribution is -2.22. The molecule has 1 aromatic heterocycles. The van der Waals surface area contributed by atoms with Gasteiger partial charge >= 0.3 is 10.4 Å². The van der Waals surface area contributed by atoms with E-state index < -0.39 is 32.6 Å². The van der Waals surface area contributed by atoms with Crippen LogP contribution < -0.4 is 5.32 Å². The topological polar surface area (TPSA) is 148 Å². The number of nitrogens with zero attached hydrogens (tertiary/aromatic N) is 3. The summed E-state index contributed by atoms with van der Waals surface area (Å²) < 4.78 is 55.9. The molecule has 0 aromatic carbocycles. The van der Waals surface area contributed by atoms with Crippen molar-refractivity contribution in [2.75, 3.05) is 30.0 Å². The second-order valence-electron chi connectivity index (χ2n) is 3.80. The maximum atomic E-state index is 11.6. The number of sulfone groups is 1. The Morgan fingerprint density at radius 2 is 1.86 bits per heavy atom. The average molecular weight is 361 g/mol. The zero-order valence-corrected chi connectivity index (χ0v) is 13.2. The first-order valence-corrected chi connectivity index (χ1v) is 9.08. The lowest BCUT2D eigenvalue weighted by atomic mass is 10.7. The number of hydrogen-bond acceptors (Lipinski definition) is 9. The van der Waals surface area contributed by atoms with Crippen molar-refractivity contribution in [1.29, 1.82) is 0 Å². The molecule has 0 atom stereocenters. The van der Waals surface area contributed by atoms with Crippen LogP contribution in [-0.4, -0.2) is 61.0 Å². The molecule has 0 aliphatic heterocycles. The molecule has 1 heterocycles. The van der Waals surface area contributed by atoms with Gasteiger partial charge in [-0.1, -0.05) is 0 Å². The highest BCUT2D eigenvalue weighted by atomic mass is 35.5. The van der Waals surface area contributed by atoms with Crippen LogP contribution in [0.3, 0.4) is 0 Å². The van der Waals surface area contributed by atoms with E-state index in [1.807, 2.05) is 0 Å². The highest BCUT2D eigenvalue weighted by molar-refractivity contribution is 7.91. The Bertz CT molecular complexity index is 672. The van der Waals surface area contributed by atoms with Gasteiger partial charge in [0.15, 0.2) is 9.84 Å². The number of aryl methyl sites for hydroxylation is 1. The van der Waals surface area contributed by atoms with Crippen LogP contribution in [-0.2, 0) is 24.4 Å². The Hall–Kier alpha value is -1.08. The van der Waals surface area contributed by atoms with Gasteiger partial charge in [0.1, 0.15) is 5.82 Å². The maximum Gasteiger partial charge on any atom is 0.397 e. The minimum absolute atomic E-state index is 0.00596. The van der Waals surface area contributed by atoms with E-state index >= 15 is 0 Å². The van der Waals surface area contributed by atoms with Crippen molar-refractivity contribution in [3.63, 3.8) is 0 Å². The molecule has 0 aliphatic carbocycles. The van der Waals surface area contributed by atoms with Crippen LogP contribution in [0.25, 0.3) is 0 Å². The first-order valence-electron chi connectivity index (χ1n) is 5.52. The van der Waals surface area contributed by atoms with E-state index in [-0.39, 0.29) is 23.5 Å². The van der Waals surface area contributed by atoms with Gasteiger partial charge in [0.25, 0.3) is 0 Å². The monoisotopic (exact) mass is 360 g/mol. The van der Waals surface area contributed by atoms with Gasteiger partial charge in [-0.25, -0.2) is 17.6 Å². The quantitative estimate of drug-likeness (QED) is 0.580. The molecule has 120 valence electrons. The van der Waals surface area contributed by atoms with E-state index in [0.717, 1.165) is 0 Å². The van der Waals surface area contributed by atoms with Crippen LogP contribution in [0.5, 0.6) is 0 Å². The van der Waals surface area contributed by atoms with Gasteiger partial charge in [-0.3, -0.25) is 4.55 Å². The van der Waals surface area contributed by atoms with Crippen LogP contribution in [0, 0.1) is 6.92 Å². The molecule has 0 spiro atoms. The fraction of sp³-hybridized carbons (Fsp3) is 0.625. The van der Waals surface area contributed by atoms with Crippen molar-refractivity contribution in [2.45, 2.75) is 6.92 Å². The molecule has 0 bridgehead atoms. The van der Waals surface area contributed by atoms with Gasteiger partial charge in [-0.15, -0.1) is 0 Å². The summed E-state index contributed by atoms with van der Waals surface area (Å²) in [6.45, 7) is 0.938. The van der Waals surface area contributed by atoms with Crippen LogP contribution >= 0.6 is 11.6 Å². The van der Waals surface area contributed by atoms with Crippen molar-refractivity contribution < 1.29 is 25.6 Å². The van der Waals surface area contributed by atoms with Crippen molar-refractivity contribution in [1.82, 2.24) is 15.0 Å². The predicted molar refractivity (Wildman–Crippen MR) is 74.2 cm³/mol. The molecule has 1 rings (SSSR count). The van der Waals surface area contributed by atoms with Gasteiger partial charge < -0.3 is 5.32 Å². The highest BCUT2D eigenvalue weighted by Gasteiger charge is 2.14. The van der Waals surface area contributed by atoms with E-state index in [2.05, 4.69) is 24.5 Å². The Kier molecular flexibility index (Phi) is 6.22. The van der Waals surface area contributed by atoms with Gasteiger partial charge in [-0.2, -0.15) is 18.4 Å². The van der Waals surface area contributed by atoms with Crippen LogP contribution in [0.15, 0.2) is 0 Å². The number of halogens is 1. The Morgan fingerprint density at radius 3 is 2.43 bits per heavy atom. The van der Waals surface area contributed by atoms with E-state index in [9.17, 15) is 16.8 Å². The SMILES string of the molecule is Cc1nc(Cl)nc(NCCS(=O)(=O)CCOS(=O)(=O)O)n1. The third kappa shape index (κ3) is 8.06. The first-order chi connectivity index (χ1) is 9.57. The second kappa shape index (κ2) is 7.26. The van der Waals surface area contributed by atoms with Crippen molar-refractivity contribution >= 4 is 37.8 Å². The smallest absolute Gasteiger partial charge is 0.353 e. The standard InChI is InChI=1S/C8H13ClN4O6S2/c1-6-11-7(9)13-8(12-6)10-2-4-20(14,15)5-3-19-21(16,17)18/h2-5H2,1H3,(H,16,17,18)(H,10,11,12,13). The fourth-order valence-electron chi connectivity index (χ4n) is 1.21. The first kappa shape index (κ1) is 18.0. The Balaban J connectivity index is 2.43. The molecule has 10 nitrogen and oxygen atoms in total. The van der Waals surface area contributed by atoms with Crippen molar-refractivity contribution in [2.24, 2.45) is 0 Å². The summed E-state index contributed by atoms with van der Waals surface area (Å²) in [4.78, 5) is 11.4. The third-order valence-electron chi connectivity index (χ3n) is 2.04. The molecule has 0 fully saturated rings. The van der Waals surface area contributed by atoms with E-state index in [1.165, 1.54) is 0 Å². The lowest BCUT2D eigenvalue weighted by Gasteiger charge is -2.06. The summed E-state index contributed by atoms with van der Waals surface area (Å²) in [6.07, 6.45) is 0. The normalized spacial score (nSPS) is 12.3. The summed E-state index contributed by atoms with van der Waals surface area (Å²) in [5.74, 6) is -0.339. The zero-order chi connectivity index (χ0) is 16.1. The van der Waals surface area contributed by atoms with Gasteiger partial charge in [0, 0.05) is 6.54 Å². The van der Waals surface area contributed by atoms with Gasteiger partial charge in [-0.05, 0) is 18.5 Å². The summed E-state index contributed by atoms with van der Waals surface area (Å²) >= 11 is 5.61. The summed E-state index contributed by atoms with van der Waals surface area (Å²) in [7, 11) is -8.20. The highest BCUT2D eigenvalue weighted by Crippen LogP contribution is 2.05. The number of nitrogens with one attached hydrogen (secondary N) is 1. The van der Waals surface area contributed by atoms with Gasteiger partial charge in [0.05, 0.1) is 18.1 Å². The molecule has 0 radical (unpaired) electrons. The molecule has 21 heavy (non-hydrogen) atoms. The molecule has 13 heteroatoms. The Labute approximate surface area is 126 Å². The molecular formula is C8H13ClN4O6S2. The lowest BCUT2D eigenvalue weighted by molar-refractivity contribution is 0.284. The third-order valence-corrected chi connectivity index (χ3v) is 4.29. The molecule has 0 unspecified atom stereocenters. The predicted octanol–water partition coefficient (Wildman–Crippen LogP) is -0.520. The molecule has 0 saturated heterocycles. The summed E-state index contributed by atoms with van der Waals surface area (Å²) in [5, 5.41) is 2.64. The molecule has 2 N–H and O–H groups in total. The number of hydrogen-bond donors (Lipinski definition) is 2. The minimum atomic E-state index is -4.64. The zero-order valence-electron chi connectivity index (χ0n) is 10.9. The number of anilines is 1. The van der Waals surface area contributed by atoms with Gasteiger partial charge in [0.2, 0.25) is 11.2 Å². The minimum Gasteiger partial charge on any atom is -0.353 e. The molecule has 0 aliphatic rings. The molecule has 1 aromatic rings. The van der Waals surface area contributed by atoms with Crippen LogP contribution in [0.1, 0.15) is 5.82 Å². The second-order valence-corrected chi connectivity index (χ2v) is 7.54. The average Bonchev–Trinajstić information content (AvgIpc) is 2.24. The largest absolute Gasteiger partial charge is 0.397 e. The number of aromatic nitrogens is 3. The summed E-state index contributed by atoms with van der Waals surface area (Å²) in [6, 6.07) is 0. The maximum absolute atomic E-state index is 11.6. The van der Waals surface area contributed by atoms with E-state index in [4.69, 9.17) is 16.2 Å².